The first kappa shape index (κ1) is 22.7. The highest BCUT2D eigenvalue weighted by Crippen LogP contribution is 2.22. The minimum Gasteiger partial charge on any atom is -0.424 e. The lowest BCUT2D eigenvalue weighted by atomic mass is 10.2. The maximum Gasteiger partial charge on any atom is 0.415 e. The molecule has 0 radical (unpaired) electrons. The Morgan fingerprint density at radius 1 is 1.32 bits per heavy atom. The molecule has 0 atom stereocenters. The van der Waals surface area contributed by atoms with Crippen LogP contribution in [0.3, 0.4) is 0 Å². The molecule has 31 heavy (non-hydrogen) atoms. The number of carbonyl (C=O) groups is 2. The highest BCUT2D eigenvalue weighted by Gasteiger charge is 2.18. The number of carbonyl (C=O) groups excluding carboxylic acids is 2. The number of amides is 3. The lowest BCUT2D eigenvalue weighted by molar-refractivity contribution is 0.157. The van der Waals surface area contributed by atoms with Gasteiger partial charge in [0.1, 0.15) is 5.76 Å². The summed E-state index contributed by atoms with van der Waals surface area (Å²) in [6.07, 6.45) is -0.670. The van der Waals surface area contributed by atoms with E-state index < -0.39 is 17.7 Å². The van der Waals surface area contributed by atoms with E-state index in [1.54, 1.807) is 13.0 Å². The molecular formula is C18H18ClN5O5S2. The van der Waals surface area contributed by atoms with E-state index in [1.807, 2.05) is 6.07 Å². The topological polar surface area (TPSA) is 127 Å². The average molecular weight is 484 g/mol. The van der Waals surface area contributed by atoms with Gasteiger partial charge in [-0.25, -0.2) is 19.4 Å². The van der Waals surface area contributed by atoms with Crippen LogP contribution >= 0.6 is 34.5 Å². The molecule has 3 amide bonds. The molecular weight excluding hydrogens is 466 g/mol. The third kappa shape index (κ3) is 6.26. The number of nitrogens with one attached hydrogen (secondary N) is 2. The lowest BCUT2D eigenvalue weighted by Gasteiger charge is -2.16. The smallest absolute Gasteiger partial charge is 0.415 e. The van der Waals surface area contributed by atoms with Crippen molar-refractivity contribution in [3.05, 3.63) is 55.0 Å². The fraction of sp³-hybridized carbons (Fsp3) is 0.278. The summed E-state index contributed by atoms with van der Waals surface area (Å²) in [7, 11) is 1.51. The predicted molar refractivity (Wildman–Crippen MR) is 117 cm³/mol. The van der Waals surface area contributed by atoms with Crippen LogP contribution in [0.15, 0.2) is 27.4 Å². The Morgan fingerprint density at radius 2 is 2.10 bits per heavy atom. The molecule has 0 fully saturated rings. The number of anilines is 1. The van der Waals surface area contributed by atoms with Gasteiger partial charge in [-0.15, -0.1) is 11.3 Å². The summed E-state index contributed by atoms with van der Waals surface area (Å²) >= 11 is 8.23. The molecule has 3 heterocycles. The van der Waals surface area contributed by atoms with E-state index in [-0.39, 0.29) is 23.2 Å². The van der Waals surface area contributed by atoms with Gasteiger partial charge in [0.25, 0.3) is 0 Å². The number of hydrogen-bond acceptors (Lipinski definition) is 9. The first-order valence-electron chi connectivity index (χ1n) is 8.87. The van der Waals surface area contributed by atoms with E-state index in [0.717, 1.165) is 16.4 Å². The largest absolute Gasteiger partial charge is 0.424 e. The van der Waals surface area contributed by atoms with Crippen molar-refractivity contribution >= 4 is 51.7 Å². The zero-order chi connectivity index (χ0) is 22.5. The summed E-state index contributed by atoms with van der Waals surface area (Å²) in [6, 6.07) is 4.40. The highest BCUT2D eigenvalue weighted by atomic mass is 35.5. The first-order chi connectivity index (χ1) is 14.7. The molecule has 2 N–H and O–H groups in total. The Kier molecular flexibility index (Phi) is 7.25. The van der Waals surface area contributed by atoms with Crippen LogP contribution in [0, 0.1) is 13.8 Å². The molecule has 0 aliphatic heterocycles. The standard InChI is InChI=1S/C18H18ClN5O5S2/c1-9-6-14(25)28-10(2)15(9)29-18(27)24(3)8-13-21-17(31-23-13)22-16(26)20-7-11-4-5-12(19)30-11/h4-6H,7-8H2,1-3H3,(H2,20,21,22,23,26). The number of rotatable bonds is 6. The second-order valence-electron chi connectivity index (χ2n) is 6.39. The maximum atomic E-state index is 12.4. The Bertz CT molecular complexity index is 1130. The quantitative estimate of drug-likeness (QED) is 0.546. The molecule has 164 valence electrons. The van der Waals surface area contributed by atoms with Crippen molar-refractivity contribution in [1.29, 1.82) is 0 Å². The summed E-state index contributed by atoms with van der Waals surface area (Å²) in [5.41, 5.74) is -0.0253. The summed E-state index contributed by atoms with van der Waals surface area (Å²) in [5.74, 6) is 0.729. The molecule has 0 spiro atoms. The Balaban J connectivity index is 1.52. The van der Waals surface area contributed by atoms with Crippen LogP contribution in [-0.2, 0) is 13.1 Å². The van der Waals surface area contributed by atoms with Gasteiger partial charge >= 0.3 is 17.7 Å². The Morgan fingerprint density at radius 3 is 2.77 bits per heavy atom. The average Bonchev–Trinajstić information content (AvgIpc) is 3.31. The van der Waals surface area contributed by atoms with Crippen LogP contribution in [0.4, 0.5) is 14.7 Å². The predicted octanol–water partition coefficient (Wildman–Crippen LogP) is 3.78. The minimum atomic E-state index is -0.670. The number of aryl methyl sites for hydroxylation is 2. The van der Waals surface area contributed by atoms with Gasteiger partial charge in [0.15, 0.2) is 11.6 Å². The molecule has 3 rings (SSSR count). The van der Waals surface area contributed by atoms with Crippen molar-refractivity contribution < 1.29 is 18.7 Å². The lowest BCUT2D eigenvalue weighted by Crippen LogP contribution is -2.30. The first-order valence-corrected chi connectivity index (χ1v) is 10.8. The number of aromatic nitrogens is 2. The number of halogens is 1. The summed E-state index contributed by atoms with van der Waals surface area (Å²) in [6.45, 7) is 3.57. The second-order valence-corrected chi connectivity index (χ2v) is 8.94. The molecule has 3 aromatic heterocycles. The van der Waals surface area contributed by atoms with Crippen LogP contribution in [0.1, 0.15) is 22.0 Å². The summed E-state index contributed by atoms with van der Waals surface area (Å²) in [4.78, 5) is 42.1. The van der Waals surface area contributed by atoms with Gasteiger partial charge in [0.05, 0.1) is 17.4 Å². The van der Waals surface area contributed by atoms with Gasteiger partial charge in [0, 0.05) is 35.1 Å². The molecule has 10 nitrogen and oxygen atoms in total. The van der Waals surface area contributed by atoms with Crippen molar-refractivity contribution in [1.82, 2.24) is 19.6 Å². The highest BCUT2D eigenvalue weighted by molar-refractivity contribution is 7.16. The van der Waals surface area contributed by atoms with Crippen molar-refractivity contribution in [2.24, 2.45) is 0 Å². The van der Waals surface area contributed by atoms with Crippen LogP contribution in [0.25, 0.3) is 0 Å². The fourth-order valence-corrected chi connectivity index (χ4v) is 4.07. The normalized spacial score (nSPS) is 10.6. The number of nitrogens with zero attached hydrogens (tertiary/aromatic N) is 3. The van der Waals surface area contributed by atoms with Gasteiger partial charge in [0.2, 0.25) is 5.13 Å². The maximum absolute atomic E-state index is 12.4. The van der Waals surface area contributed by atoms with E-state index in [1.165, 1.54) is 36.3 Å². The van der Waals surface area contributed by atoms with Crippen LogP contribution in [0.5, 0.6) is 5.75 Å². The van der Waals surface area contributed by atoms with Gasteiger partial charge < -0.3 is 19.4 Å². The van der Waals surface area contributed by atoms with E-state index in [0.29, 0.717) is 22.3 Å². The van der Waals surface area contributed by atoms with Crippen LogP contribution in [0.2, 0.25) is 4.34 Å². The van der Waals surface area contributed by atoms with Crippen LogP contribution < -0.4 is 21.0 Å². The Labute approximate surface area is 190 Å². The Hall–Kier alpha value is -2.96. The monoisotopic (exact) mass is 483 g/mol. The molecule has 0 aliphatic rings. The van der Waals surface area contributed by atoms with Gasteiger partial charge in [-0.3, -0.25) is 5.32 Å². The molecule has 0 bridgehead atoms. The SMILES string of the molecule is Cc1cc(=O)oc(C)c1OC(=O)N(C)Cc1nsc(NC(=O)NCc2ccc(Cl)s2)n1. The number of thiophene rings is 1. The zero-order valence-electron chi connectivity index (χ0n) is 16.7. The number of urea groups is 1. The number of ether oxygens (including phenoxy) is 1. The summed E-state index contributed by atoms with van der Waals surface area (Å²) in [5, 5.41) is 5.57. The van der Waals surface area contributed by atoms with E-state index in [4.69, 9.17) is 20.8 Å². The summed E-state index contributed by atoms with van der Waals surface area (Å²) < 4.78 is 15.1. The number of hydrogen-bond donors (Lipinski definition) is 2. The van der Waals surface area contributed by atoms with Crippen molar-refractivity contribution in [3.63, 3.8) is 0 Å². The van der Waals surface area contributed by atoms with Gasteiger partial charge in [-0.05, 0) is 26.0 Å². The van der Waals surface area contributed by atoms with E-state index in [2.05, 4.69) is 20.0 Å². The van der Waals surface area contributed by atoms with Gasteiger partial charge in [-0.2, -0.15) is 4.37 Å². The third-order valence-corrected chi connectivity index (χ3v) is 5.79. The van der Waals surface area contributed by atoms with Crippen LogP contribution in [-0.4, -0.2) is 33.4 Å². The van der Waals surface area contributed by atoms with Crippen molar-refractivity contribution in [2.75, 3.05) is 12.4 Å². The molecule has 0 saturated heterocycles. The fourth-order valence-electron chi connectivity index (χ4n) is 2.47. The molecule has 13 heteroatoms. The van der Waals surface area contributed by atoms with Crippen molar-refractivity contribution in [3.8, 4) is 5.75 Å². The molecule has 3 aromatic rings. The van der Waals surface area contributed by atoms with E-state index >= 15 is 0 Å². The molecule has 0 aliphatic carbocycles. The zero-order valence-corrected chi connectivity index (χ0v) is 19.1. The molecule has 0 unspecified atom stereocenters. The molecule has 0 saturated carbocycles. The third-order valence-electron chi connectivity index (χ3n) is 3.89. The minimum absolute atomic E-state index is 0.0568. The second kappa shape index (κ2) is 9.90. The van der Waals surface area contributed by atoms with Gasteiger partial charge in [-0.1, -0.05) is 11.6 Å². The molecule has 0 aromatic carbocycles. The van der Waals surface area contributed by atoms with Crippen molar-refractivity contribution in [2.45, 2.75) is 26.9 Å². The van der Waals surface area contributed by atoms with E-state index in [9.17, 15) is 14.4 Å².